The Labute approximate surface area is 105 Å². The maximum absolute atomic E-state index is 5.44. The Hall–Kier alpha value is -1.02. The van der Waals surface area contributed by atoms with E-state index in [1.54, 1.807) is 7.11 Å². The zero-order chi connectivity index (χ0) is 12.7. The van der Waals surface area contributed by atoms with Gasteiger partial charge in [0, 0.05) is 11.6 Å². The fourth-order valence-corrected chi connectivity index (χ4v) is 2.31. The first-order chi connectivity index (χ1) is 8.26. The first-order valence-electron chi connectivity index (χ1n) is 6.56. The molecule has 0 saturated heterocycles. The summed E-state index contributed by atoms with van der Waals surface area (Å²) in [5.74, 6) is 1.76. The molecule has 17 heavy (non-hydrogen) atoms. The van der Waals surface area contributed by atoms with Crippen molar-refractivity contribution in [3.05, 3.63) is 29.8 Å². The van der Waals surface area contributed by atoms with Crippen LogP contribution >= 0.6 is 0 Å². The first kappa shape index (κ1) is 14.0. The lowest BCUT2D eigenvalue weighted by atomic mass is 9.91. The van der Waals surface area contributed by atoms with E-state index in [1.165, 1.54) is 24.8 Å². The minimum Gasteiger partial charge on any atom is -0.496 e. The summed E-state index contributed by atoms with van der Waals surface area (Å²) in [6.45, 7) is 4.53. The molecular weight excluding hydrogens is 210 g/mol. The molecule has 1 atom stereocenters. The summed E-state index contributed by atoms with van der Waals surface area (Å²) < 4.78 is 5.44. The highest BCUT2D eigenvalue weighted by Crippen LogP contribution is 2.30. The molecule has 0 aliphatic heterocycles. The molecule has 0 saturated carbocycles. The van der Waals surface area contributed by atoms with Gasteiger partial charge in [-0.3, -0.25) is 0 Å². The Morgan fingerprint density at radius 1 is 1.18 bits per heavy atom. The summed E-state index contributed by atoms with van der Waals surface area (Å²) in [5.41, 5.74) is 1.27. The van der Waals surface area contributed by atoms with Crippen LogP contribution in [0, 0.1) is 5.92 Å². The zero-order valence-corrected chi connectivity index (χ0v) is 11.5. The van der Waals surface area contributed by atoms with Crippen molar-refractivity contribution in [1.82, 2.24) is 5.32 Å². The molecule has 0 aliphatic rings. The number of hydrogen-bond acceptors (Lipinski definition) is 2. The molecular formula is C15H25NO. The van der Waals surface area contributed by atoms with Crippen LogP contribution < -0.4 is 10.1 Å². The fraction of sp³-hybridized carbons (Fsp3) is 0.600. The zero-order valence-electron chi connectivity index (χ0n) is 11.5. The third kappa shape index (κ3) is 3.74. The fourth-order valence-electron chi connectivity index (χ4n) is 2.31. The predicted molar refractivity (Wildman–Crippen MR) is 73.5 cm³/mol. The minimum absolute atomic E-state index is 0.385. The number of rotatable bonds is 7. The molecule has 96 valence electrons. The second-order valence-electron chi connectivity index (χ2n) is 4.50. The summed E-state index contributed by atoms with van der Waals surface area (Å²) in [4.78, 5) is 0. The summed E-state index contributed by atoms with van der Waals surface area (Å²) in [7, 11) is 3.77. The van der Waals surface area contributed by atoms with Crippen LogP contribution in [-0.2, 0) is 0 Å². The number of nitrogens with one attached hydrogen (secondary N) is 1. The van der Waals surface area contributed by atoms with Crippen LogP contribution in [0.3, 0.4) is 0 Å². The summed E-state index contributed by atoms with van der Waals surface area (Å²) in [5, 5.41) is 3.41. The lowest BCUT2D eigenvalue weighted by Crippen LogP contribution is -2.20. The van der Waals surface area contributed by atoms with Crippen molar-refractivity contribution >= 4 is 0 Å². The van der Waals surface area contributed by atoms with E-state index in [1.807, 2.05) is 19.2 Å². The summed E-state index contributed by atoms with van der Waals surface area (Å²) in [6, 6.07) is 8.67. The average Bonchev–Trinajstić information content (AvgIpc) is 2.40. The van der Waals surface area contributed by atoms with Gasteiger partial charge in [0.05, 0.1) is 7.11 Å². The van der Waals surface area contributed by atoms with Gasteiger partial charge < -0.3 is 10.1 Å². The summed E-state index contributed by atoms with van der Waals surface area (Å²) in [6.07, 6.45) is 3.65. The number of ether oxygens (including phenoxy) is 1. The Bertz CT molecular complexity index is 320. The third-order valence-corrected chi connectivity index (χ3v) is 3.59. The normalized spacial score (nSPS) is 12.8. The highest BCUT2D eigenvalue weighted by atomic mass is 16.5. The average molecular weight is 235 g/mol. The number of hydrogen-bond donors (Lipinski definition) is 1. The van der Waals surface area contributed by atoms with E-state index < -0.39 is 0 Å². The van der Waals surface area contributed by atoms with Crippen LogP contribution in [0.5, 0.6) is 5.75 Å². The van der Waals surface area contributed by atoms with Crippen LogP contribution in [0.4, 0.5) is 0 Å². The summed E-state index contributed by atoms with van der Waals surface area (Å²) >= 11 is 0. The molecule has 0 amide bonds. The Balaban J connectivity index is 2.85. The van der Waals surface area contributed by atoms with Crippen molar-refractivity contribution < 1.29 is 4.74 Å². The Morgan fingerprint density at radius 3 is 2.35 bits per heavy atom. The highest BCUT2D eigenvalue weighted by Gasteiger charge is 2.17. The van der Waals surface area contributed by atoms with Gasteiger partial charge in [-0.25, -0.2) is 0 Å². The van der Waals surface area contributed by atoms with E-state index in [9.17, 15) is 0 Å². The van der Waals surface area contributed by atoms with E-state index in [0.717, 1.165) is 11.7 Å². The third-order valence-electron chi connectivity index (χ3n) is 3.59. The molecule has 0 aliphatic carbocycles. The molecule has 0 heterocycles. The highest BCUT2D eigenvalue weighted by molar-refractivity contribution is 5.35. The maximum Gasteiger partial charge on any atom is 0.123 e. The van der Waals surface area contributed by atoms with Gasteiger partial charge in [-0.05, 0) is 25.5 Å². The molecule has 0 spiro atoms. The second-order valence-corrected chi connectivity index (χ2v) is 4.50. The van der Waals surface area contributed by atoms with Crippen LogP contribution in [0.1, 0.15) is 44.7 Å². The van der Waals surface area contributed by atoms with E-state index in [-0.39, 0.29) is 0 Å². The largest absolute Gasteiger partial charge is 0.496 e. The van der Waals surface area contributed by atoms with Gasteiger partial charge >= 0.3 is 0 Å². The van der Waals surface area contributed by atoms with Crippen molar-refractivity contribution in [3.8, 4) is 5.75 Å². The van der Waals surface area contributed by atoms with Crippen molar-refractivity contribution in [2.45, 2.75) is 39.2 Å². The molecule has 1 unspecified atom stereocenters. The van der Waals surface area contributed by atoms with Gasteiger partial charge in [0.2, 0.25) is 0 Å². The van der Waals surface area contributed by atoms with Crippen LogP contribution in [0.2, 0.25) is 0 Å². The molecule has 0 radical (unpaired) electrons. The lowest BCUT2D eigenvalue weighted by molar-refractivity contribution is 0.364. The van der Waals surface area contributed by atoms with Gasteiger partial charge in [-0.15, -0.1) is 0 Å². The second kappa shape index (κ2) is 7.33. The van der Waals surface area contributed by atoms with E-state index in [4.69, 9.17) is 4.74 Å². The monoisotopic (exact) mass is 235 g/mol. The van der Waals surface area contributed by atoms with Crippen molar-refractivity contribution in [3.63, 3.8) is 0 Å². The van der Waals surface area contributed by atoms with Crippen LogP contribution in [0.25, 0.3) is 0 Å². The van der Waals surface area contributed by atoms with E-state index >= 15 is 0 Å². The minimum atomic E-state index is 0.385. The first-order valence-corrected chi connectivity index (χ1v) is 6.56. The van der Waals surface area contributed by atoms with Crippen molar-refractivity contribution in [1.29, 1.82) is 0 Å². The molecule has 1 rings (SSSR count). The lowest BCUT2D eigenvalue weighted by Gasteiger charge is -2.23. The molecule has 1 aromatic rings. The number of methoxy groups -OCH3 is 1. The van der Waals surface area contributed by atoms with Gasteiger partial charge in [0.15, 0.2) is 0 Å². The Morgan fingerprint density at radius 2 is 1.82 bits per heavy atom. The molecule has 0 bridgehead atoms. The smallest absolute Gasteiger partial charge is 0.123 e. The predicted octanol–water partition coefficient (Wildman–Crippen LogP) is 3.78. The van der Waals surface area contributed by atoms with Crippen LogP contribution in [0.15, 0.2) is 24.3 Å². The van der Waals surface area contributed by atoms with Crippen molar-refractivity contribution in [2.24, 2.45) is 5.92 Å². The topological polar surface area (TPSA) is 21.3 Å². The number of para-hydroxylation sites is 1. The number of benzene rings is 1. The molecule has 1 N–H and O–H groups in total. The molecule has 1 aromatic carbocycles. The SMILES string of the molecule is CCC(CC)CC(NC)c1ccccc1OC. The van der Waals surface area contributed by atoms with Gasteiger partial charge in [-0.1, -0.05) is 44.9 Å². The van der Waals surface area contributed by atoms with E-state index in [0.29, 0.717) is 6.04 Å². The molecule has 0 fully saturated rings. The van der Waals surface area contributed by atoms with Crippen LogP contribution in [-0.4, -0.2) is 14.2 Å². The maximum atomic E-state index is 5.44. The standard InChI is InChI=1S/C15H25NO/c1-5-12(6-2)11-14(16-3)13-9-7-8-10-15(13)17-4/h7-10,12,14,16H,5-6,11H2,1-4H3. The van der Waals surface area contributed by atoms with E-state index in [2.05, 4.69) is 31.3 Å². The quantitative estimate of drug-likeness (QED) is 0.776. The van der Waals surface area contributed by atoms with Gasteiger partial charge in [-0.2, -0.15) is 0 Å². The Kier molecular flexibility index (Phi) is 6.06. The molecule has 0 aromatic heterocycles. The van der Waals surface area contributed by atoms with Gasteiger partial charge in [0.25, 0.3) is 0 Å². The van der Waals surface area contributed by atoms with Crippen molar-refractivity contribution in [2.75, 3.05) is 14.2 Å². The van der Waals surface area contributed by atoms with Gasteiger partial charge in [0.1, 0.15) is 5.75 Å². The molecule has 2 heteroatoms. The molecule has 2 nitrogen and oxygen atoms in total.